The van der Waals surface area contributed by atoms with Crippen molar-refractivity contribution in [2.45, 2.75) is 78.6 Å². The molecule has 0 saturated heterocycles. The highest BCUT2D eigenvalue weighted by molar-refractivity contribution is 5.78. The lowest BCUT2D eigenvalue weighted by molar-refractivity contribution is -0.137. The second-order valence-electron chi connectivity index (χ2n) is 11.6. The van der Waals surface area contributed by atoms with Gasteiger partial charge in [-0.25, -0.2) is 0 Å². The molecule has 0 aromatic heterocycles. The van der Waals surface area contributed by atoms with E-state index in [2.05, 4.69) is 19.2 Å². The van der Waals surface area contributed by atoms with Crippen LogP contribution in [0, 0.1) is 23.7 Å². The van der Waals surface area contributed by atoms with Crippen LogP contribution in [0.4, 0.5) is 13.2 Å². The van der Waals surface area contributed by atoms with E-state index in [1.807, 2.05) is 32.0 Å². The highest BCUT2D eigenvalue weighted by Gasteiger charge is 2.30. The van der Waals surface area contributed by atoms with Crippen molar-refractivity contribution in [2.75, 3.05) is 27.4 Å². The molecule has 0 aliphatic heterocycles. The van der Waals surface area contributed by atoms with Crippen LogP contribution < -0.4 is 14.8 Å². The fourth-order valence-corrected chi connectivity index (χ4v) is 4.95. The fourth-order valence-electron chi connectivity index (χ4n) is 4.95. The summed E-state index contributed by atoms with van der Waals surface area (Å²) in [6.07, 6.45) is -1.76. The Bertz CT molecular complexity index is 1070. The van der Waals surface area contributed by atoms with Gasteiger partial charge in [0.2, 0.25) is 5.91 Å². The van der Waals surface area contributed by atoms with Gasteiger partial charge in [-0.05, 0) is 78.8 Å². The van der Waals surface area contributed by atoms with Crippen molar-refractivity contribution in [3.05, 3.63) is 59.2 Å². The molecule has 42 heavy (non-hydrogen) atoms. The molecular weight excluding hydrogens is 547 g/mol. The van der Waals surface area contributed by atoms with Gasteiger partial charge in [-0.2, -0.15) is 13.2 Å². The smallest absolute Gasteiger partial charge is 0.416 e. The fraction of sp³-hybridized carbons (Fsp3) is 0.606. The van der Waals surface area contributed by atoms with Crippen LogP contribution in [0.3, 0.4) is 0 Å². The van der Waals surface area contributed by atoms with Crippen LogP contribution in [-0.4, -0.2) is 44.6 Å². The Morgan fingerprint density at radius 2 is 1.57 bits per heavy atom. The Hall–Kier alpha value is -2.78. The molecule has 3 atom stereocenters. The van der Waals surface area contributed by atoms with E-state index in [9.17, 15) is 23.1 Å². The van der Waals surface area contributed by atoms with Gasteiger partial charge in [-0.3, -0.25) is 4.79 Å². The molecule has 0 unspecified atom stereocenters. The molecule has 0 bridgehead atoms. The Kier molecular flexibility index (Phi) is 14.6. The molecule has 236 valence electrons. The Balaban J connectivity index is 1.94. The average molecular weight is 596 g/mol. The first-order chi connectivity index (χ1) is 19.8. The number of aliphatic hydroxyl groups excluding tert-OH is 1. The van der Waals surface area contributed by atoms with Gasteiger partial charge in [0.15, 0.2) is 11.5 Å². The summed E-state index contributed by atoms with van der Waals surface area (Å²) in [7, 11) is 3.28. The number of carbonyl (C=O) groups is 1. The lowest BCUT2D eigenvalue weighted by Gasteiger charge is -2.26. The number of hydrogen-bond acceptors (Lipinski definition) is 5. The molecule has 1 amide bonds. The minimum absolute atomic E-state index is 0.00485. The highest BCUT2D eigenvalue weighted by Crippen LogP contribution is 2.32. The zero-order valence-corrected chi connectivity index (χ0v) is 25.8. The zero-order valence-electron chi connectivity index (χ0n) is 25.8. The van der Waals surface area contributed by atoms with Crippen LogP contribution in [0.15, 0.2) is 42.5 Å². The number of aliphatic hydroxyl groups is 1. The van der Waals surface area contributed by atoms with Crippen molar-refractivity contribution in [3.63, 3.8) is 0 Å². The maximum Gasteiger partial charge on any atom is 0.416 e. The second-order valence-corrected chi connectivity index (χ2v) is 11.6. The van der Waals surface area contributed by atoms with E-state index < -0.39 is 23.8 Å². The predicted molar refractivity (Wildman–Crippen MR) is 158 cm³/mol. The van der Waals surface area contributed by atoms with Gasteiger partial charge in [0.1, 0.15) is 0 Å². The third kappa shape index (κ3) is 11.8. The Morgan fingerprint density at radius 3 is 2.14 bits per heavy atom. The second kappa shape index (κ2) is 17.4. The lowest BCUT2D eigenvalue weighted by atomic mass is 9.82. The van der Waals surface area contributed by atoms with Crippen molar-refractivity contribution in [3.8, 4) is 11.5 Å². The molecule has 0 spiro atoms. The van der Waals surface area contributed by atoms with Crippen LogP contribution in [0.5, 0.6) is 11.5 Å². The third-order valence-corrected chi connectivity index (χ3v) is 7.71. The van der Waals surface area contributed by atoms with Crippen LogP contribution in [-0.2, 0) is 28.7 Å². The maximum absolute atomic E-state index is 13.0. The predicted octanol–water partition coefficient (Wildman–Crippen LogP) is 7.06. The molecule has 2 aromatic rings. The number of amides is 1. The van der Waals surface area contributed by atoms with Gasteiger partial charge in [-0.1, -0.05) is 45.9 Å². The maximum atomic E-state index is 13.0. The molecule has 2 N–H and O–H groups in total. The molecule has 0 aliphatic carbocycles. The van der Waals surface area contributed by atoms with Crippen LogP contribution in [0.2, 0.25) is 0 Å². The molecule has 6 nitrogen and oxygen atoms in total. The first-order valence-electron chi connectivity index (χ1n) is 14.8. The molecule has 9 heteroatoms. The number of hydrogen-bond donors (Lipinski definition) is 2. The summed E-state index contributed by atoms with van der Waals surface area (Å²) >= 11 is 0. The average Bonchev–Trinajstić information content (AvgIpc) is 2.94. The quantitative estimate of drug-likeness (QED) is 0.180. The first kappa shape index (κ1) is 35.4. The van der Waals surface area contributed by atoms with E-state index in [-0.39, 0.29) is 18.4 Å². The number of rotatable bonds is 18. The number of methoxy groups -OCH3 is 2. The normalized spacial score (nSPS) is 14.1. The van der Waals surface area contributed by atoms with Crippen molar-refractivity contribution in [1.29, 1.82) is 0 Å². The van der Waals surface area contributed by atoms with E-state index in [0.717, 1.165) is 37.0 Å². The molecule has 0 saturated carbocycles. The number of alkyl halides is 3. The summed E-state index contributed by atoms with van der Waals surface area (Å²) in [5.74, 6) is 1.47. The van der Waals surface area contributed by atoms with E-state index >= 15 is 0 Å². The SMILES string of the molecule is COCCCOc1cc(C[C@@H](CC[C@@H](O)C[C@H](C(=O)NCc2ccc(C(F)(F)F)cc2)C(C)C)C(C)C)ccc1OC. The highest BCUT2D eigenvalue weighted by atomic mass is 19.4. The standard InChI is InChI=1S/C33H48F3NO5/c1-22(2)26(18-25-10-15-30(41-6)31(19-25)42-17-7-16-40-5)11-14-28(38)20-29(23(3)4)32(39)37-21-24-8-12-27(13-9-24)33(34,35)36/h8-10,12-13,15,19,22-23,26,28-29,38H,7,11,14,16-18,20-21H2,1-6H3,(H,37,39)/t26-,28-,29+/m1/s1. The van der Waals surface area contributed by atoms with E-state index in [4.69, 9.17) is 14.2 Å². The largest absolute Gasteiger partial charge is 0.493 e. The summed E-state index contributed by atoms with van der Waals surface area (Å²) in [5, 5.41) is 13.8. The minimum Gasteiger partial charge on any atom is -0.493 e. The van der Waals surface area contributed by atoms with Gasteiger partial charge < -0.3 is 24.6 Å². The molecule has 0 aliphatic rings. The van der Waals surface area contributed by atoms with Gasteiger partial charge in [-0.15, -0.1) is 0 Å². The topological polar surface area (TPSA) is 77.0 Å². The van der Waals surface area contributed by atoms with Gasteiger partial charge in [0.05, 0.1) is 25.4 Å². The molecule has 0 fully saturated rings. The Labute approximate surface area is 248 Å². The molecule has 0 heterocycles. The monoisotopic (exact) mass is 595 g/mol. The zero-order chi connectivity index (χ0) is 31.3. The van der Waals surface area contributed by atoms with Crippen LogP contribution >= 0.6 is 0 Å². The number of benzene rings is 2. The van der Waals surface area contributed by atoms with Gasteiger partial charge in [0, 0.05) is 32.6 Å². The summed E-state index contributed by atoms with van der Waals surface area (Å²) < 4.78 is 54.9. The Morgan fingerprint density at radius 1 is 0.905 bits per heavy atom. The summed E-state index contributed by atoms with van der Waals surface area (Å²) in [5.41, 5.74) is 0.994. The van der Waals surface area contributed by atoms with Gasteiger partial charge >= 0.3 is 6.18 Å². The van der Waals surface area contributed by atoms with Crippen molar-refractivity contribution < 1.29 is 37.3 Å². The summed E-state index contributed by atoms with van der Waals surface area (Å²) in [6.45, 7) is 9.50. The van der Waals surface area contributed by atoms with E-state index in [1.165, 1.54) is 12.1 Å². The number of nitrogens with one attached hydrogen (secondary N) is 1. The van der Waals surface area contributed by atoms with E-state index in [1.54, 1.807) is 14.2 Å². The van der Waals surface area contributed by atoms with Gasteiger partial charge in [0.25, 0.3) is 0 Å². The number of halogens is 3. The molecule has 2 rings (SSSR count). The molecule has 0 radical (unpaired) electrons. The summed E-state index contributed by atoms with van der Waals surface area (Å²) in [4.78, 5) is 13.0. The first-order valence-corrected chi connectivity index (χ1v) is 14.8. The summed E-state index contributed by atoms with van der Waals surface area (Å²) in [6, 6.07) is 10.7. The molecule has 2 aromatic carbocycles. The number of carbonyl (C=O) groups excluding carboxylic acids is 1. The van der Waals surface area contributed by atoms with Crippen molar-refractivity contribution >= 4 is 5.91 Å². The molecular formula is C33H48F3NO5. The third-order valence-electron chi connectivity index (χ3n) is 7.71. The minimum atomic E-state index is -4.40. The number of ether oxygens (including phenoxy) is 3. The van der Waals surface area contributed by atoms with E-state index in [0.29, 0.717) is 55.0 Å². The lowest BCUT2D eigenvalue weighted by Crippen LogP contribution is -2.35. The van der Waals surface area contributed by atoms with Crippen LogP contribution in [0.1, 0.15) is 70.1 Å². The van der Waals surface area contributed by atoms with Crippen molar-refractivity contribution in [2.24, 2.45) is 23.7 Å². The van der Waals surface area contributed by atoms with Crippen LogP contribution in [0.25, 0.3) is 0 Å². The van der Waals surface area contributed by atoms with Crippen molar-refractivity contribution in [1.82, 2.24) is 5.32 Å².